The van der Waals surface area contributed by atoms with E-state index in [1.54, 1.807) is 0 Å². The van der Waals surface area contributed by atoms with Crippen LogP contribution in [0.1, 0.15) is 5.56 Å². The first-order chi connectivity index (χ1) is 20.3. The van der Waals surface area contributed by atoms with E-state index in [1.165, 1.54) is 0 Å². The number of benzene rings is 5. The molecule has 5 heteroatoms. The van der Waals surface area contributed by atoms with Crippen LogP contribution in [0.5, 0.6) is 0 Å². The number of nitriles is 1. The number of nitrogens with zero attached hydrogens (tertiary/aromatic N) is 5. The van der Waals surface area contributed by atoms with E-state index in [-0.39, 0.29) is 0 Å². The second kappa shape index (κ2) is 8.74. The lowest BCUT2D eigenvalue weighted by atomic mass is 10.2. The highest BCUT2D eigenvalue weighted by molar-refractivity contribution is 6.11. The van der Waals surface area contributed by atoms with Crippen LogP contribution in [0.3, 0.4) is 0 Å². The van der Waals surface area contributed by atoms with Gasteiger partial charge in [-0.25, -0.2) is 4.85 Å². The molecule has 5 aromatic carbocycles. The van der Waals surface area contributed by atoms with Crippen molar-refractivity contribution in [3.05, 3.63) is 144 Å². The number of aromatic nitrogens is 3. The molecule has 0 spiro atoms. The van der Waals surface area contributed by atoms with Gasteiger partial charge in [0.2, 0.25) is 5.69 Å². The smallest absolute Gasteiger partial charge is 0.248 e. The first kappa shape index (κ1) is 22.9. The van der Waals surface area contributed by atoms with E-state index in [0.29, 0.717) is 22.9 Å². The fourth-order valence-electron chi connectivity index (χ4n) is 6.29. The molecule has 0 N–H and O–H groups in total. The van der Waals surface area contributed by atoms with Crippen LogP contribution < -0.4 is 0 Å². The lowest BCUT2D eigenvalue weighted by molar-refractivity contribution is 0.923. The fourth-order valence-corrected chi connectivity index (χ4v) is 6.29. The van der Waals surface area contributed by atoms with Crippen molar-refractivity contribution in [3.63, 3.8) is 0 Å². The molecule has 8 rings (SSSR count). The highest BCUT2D eigenvalue weighted by Crippen LogP contribution is 2.44. The monoisotopic (exact) mass is 523 g/mol. The molecular formula is C36H21N5. The molecule has 0 radical (unpaired) electrons. The standard InChI is InChI=1S/C36H21N5/c1-38-34-29(23-37)35(40-30-19-9-5-15-25(30)26-16-6-10-20-31(26)40)39(24-13-3-2-4-14-24)36(34)41-32-21-11-7-17-27(32)28-18-8-12-22-33(28)41/h2-22H. The highest BCUT2D eigenvalue weighted by Gasteiger charge is 2.30. The van der Waals surface area contributed by atoms with E-state index in [4.69, 9.17) is 6.57 Å². The van der Waals surface area contributed by atoms with Gasteiger partial charge in [0.25, 0.3) is 0 Å². The van der Waals surface area contributed by atoms with Crippen molar-refractivity contribution in [1.82, 2.24) is 13.7 Å². The Bertz CT molecular complexity index is 2130. The van der Waals surface area contributed by atoms with E-state index in [0.717, 1.165) is 49.3 Å². The topological polar surface area (TPSA) is 42.9 Å². The molecule has 8 aromatic rings. The van der Waals surface area contributed by atoms with Crippen LogP contribution in [0.2, 0.25) is 0 Å². The Kier molecular flexibility index (Phi) is 4.88. The Morgan fingerprint density at radius 2 is 0.878 bits per heavy atom. The Hall–Kier alpha value is -6.04. The van der Waals surface area contributed by atoms with Crippen molar-refractivity contribution in [1.29, 1.82) is 5.26 Å². The lowest BCUT2D eigenvalue weighted by Crippen LogP contribution is -2.09. The van der Waals surface area contributed by atoms with Crippen molar-refractivity contribution in [2.75, 3.05) is 0 Å². The lowest BCUT2D eigenvalue weighted by Gasteiger charge is -2.18. The van der Waals surface area contributed by atoms with Crippen molar-refractivity contribution in [3.8, 4) is 23.4 Å². The third kappa shape index (κ3) is 3.09. The minimum atomic E-state index is 0.319. The summed E-state index contributed by atoms with van der Waals surface area (Å²) >= 11 is 0. The van der Waals surface area contributed by atoms with E-state index in [1.807, 2.05) is 78.9 Å². The van der Waals surface area contributed by atoms with Crippen LogP contribution in [-0.4, -0.2) is 13.7 Å². The summed E-state index contributed by atoms with van der Waals surface area (Å²) < 4.78 is 6.37. The molecule has 0 bridgehead atoms. The third-order valence-corrected chi connectivity index (χ3v) is 7.92. The molecule has 5 nitrogen and oxygen atoms in total. The van der Waals surface area contributed by atoms with Crippen LogP contribution in [0, 0.1) is 17.9 Å². The predicted molar refractivity (Wildman–Crippen MR) is 165 cm³/mol. The van der Waals surface area contributed by atoms with Crippen LogP contribution >= 0.6 is 0 Å². The summed E-state index contributed by atoms with van der Waals surface area (Å²) in [6.07, 6.45) is 0. The molecule has 0 saturated carbocycles. The molecule has 0 saturated heterocycles. The Balaban J connectivity index is 1.65. The predicted octanol–water partition coefficient (Wildman–Crippen LogP) is 9.09. The van der Waals surface area contributed by atoms with Crippen molar-refractivity contribution >= 4 is 49.3 Å². The average molecular weight is 524 g/mol. The minimum absolute atomic E-state index is 0.319. The molecular weight excluding hydrogens is 502 g/mol. The number of hydrogen-bond donors (Lipinski definition) is 0. The molecule has 0 aliphatic rings. The minimum Gasteiger partial charge on any atom is -0.304 e. The number of hydrogen-bond acceptors (Lipinski definition) is 1. The quantitative estimate of drug-likeness (QED) is 0.213. The van der Waals surface area contributed by atoms with Gasteiger partial charge in [0, 0.05) is 27.2 Å². The molecule has 190 valence electrons. The van der Waals surface area contributed by atoms with Gasteiger partial charge < -0.3 is 4.57 Å². The zero-order valence-electron chi connectivity index (χ0n) is 21.9. The summed E-state index contributed by atoms with van der Waals surface area (Å²) in [5, 5.41) is 15.1. The average Bonchev–Trinajstić information content (AvgIpc) is 3.66. The van der Waals surface area contributed by atoms with E-state index in [9.17, 15) is 5.26 Å². The second-order valence-electron chi connectivity index (χ2n) is 10.0. The molecule has 0 amide bonds. The summed E-state index contributed by atoms with van der Waals surface area (Å²) in [5.74, 6) is 1.30. The number of para-hydroxylation sites is 5. The van der Waals surface area contributed by atoms with E-state index < -0.39 is 0 Å². The molecule has 3 heterocycles. The highest BCUT2D eigenvalue weighted by atomic mass is 15.3. The van der Waals surface area contributed by atoms with Gasteiger partial charge in [-0.3, -0.25) is 9.13 Å². The van der Waals surface area contributed by atoms with Crippen LogP contribution in [0.4, 0.5) is 5.69 Å². The van der Waals surface area contributed by atoms with Crippen molar-refractivity contribution in [2.45, 2.75) is 0 Å². The van der Waals surface area contributed by atoms with Crippen molar-refractivity contribution in [2.24, 2.45) is 0 Å². The maximum atomic E-state index is 10.8. The van der Waals surface area contributed by atoms with Gasteiger partial charge in [-0.2, -0.15) is 5.26 Å². The second-order valence-corrected chi connectivity index (χ2v) is 10.0. The zero-order chi connectivity index (χ0) is 27.5. The van der Waals surface area contributed by atoms with Crippen LogP contribution in [0.25, 0.3) is 65.8 Å². The maximum Gasteiger partial charge on any atom is 0.248 e. The molecule has 0 aliphatic heterocycles. The van der Waals surface area contributed by atoms with Crippen LogP contribution in [0.15, 0.2) is 127 Å². The summed E-state index contributed by atoms with van der Waals surface area (Å²) in [5.41, 5.74) is 5.44. The van der Waals surface area contributed by atoms with Gasteiger partial charge in [-0.15, -0.1) is 0 Å². The van der Waals surface area contributed by atoms with Gasteiger partial charge in [0.05, 0.1) is 34.7 Å². The zero-order valence-corrected chi connectivity index (χ0v) is 21.9. The Morgan fingerprint density at radius 3 is 1.29 bits per heavy atom. The SMILES string of the molecule is [C-]#[N+]c1c(C#N)c(-n2c3ccccc3c3ccccc32)n(-c2ccccc2)c1-n1c2ccccc2c2ccccc21. The first-order valence-corrected chi connectivity index (χ1v) is 13.4. The number of rotatable bonds is 3. The maximum absolute atomic E-state index is 10.8. The molecule has 0 aliphatic carbocycles. The normalized spacial score (nSPS) is 11.4. The van der Waals surface area contributed by atoms with Crippen LogP contribution in [-0.2, 0) is 0 Å². The summed E-state index contributed by atoms with van der Waals surface area (Å²) in [6.45, 7) is 8.41. The van der Waals surface area contributed by atoms with Gasteiger partial charge in [0.1, 0.15) is 17.2 Å². The molecule has 3 aromatic heterocycles. The Morgan fingerprint density at radius 1 is 0.488 bits per heavy atom. The van der Waals surface area contributed by atoms with E-state index in [2.05, 4.69) is 73.1 Å². The van der Waals surface area contributed by atoms with Gasteiger partial charge in [0.15, 0.2) is 0 Å². The molecule has 41 heavy (non-hydrogen) atoms. The third-order valence-electron chi connectivity index (χ3n) is 7.92. The largest absolute Gasteiger partial charge is 0.304 e. The van der Waals surface area contributed by atoms with Gasteiger partial charge in [-0.05, 0) is 36.4 Å². The van der Waals surface area contributed by atoms with Gasteiger partial charge in [-0.1, -0.05) is 91.0 Å². The Labute approximate surface area is 235 Å². The van der Waals surface area contributed by atoms with Gasteiger partial charge >= 0.3 is 0 Å². The summed E-state index contributed by atoms with van der Waals surface area (Å²) in [4.78, 5) is 4.06. The van der Waals surface area contributed by atoms with E-state index >= 15 is 0 Å². The van der Waals surface area contributed by atoms with Crippen molar-refractivity contribution < 1.29 is 0 Å². The first-order valence-electron chi connectivity index (χ1n) is 13.4. The summed E-state index contributed by atoms with van der Waals surface area (Å²) in [6, 6.07) is 45.5. The molecule has 0 unspecified atom stereocenters. The fraction of sp³-hybridized carbons (Fsp3) is 0. The molecule has 0 atom stereocenters. The molecule has 0 fully saturated rings. The summed E-state index contributed by atoms with van der Waals surface area (Å²) in [7, 11) is 0. The number of fused-ring (bicyclic) bond motifs is 6.